The fourth-order valence-electron chi connectivity index (χ4n) is 7.11. The molecule has 0 N–H and O–H groups in total. The summed E-state index contributed by atoms with van der Waals surface area (Å²) in [5.41, 5.74) is 10.1. The van der Waals surface area contributed by atoms with Gasteiger partial charge < -0.3 is 8.98 Å². The Kier molecular flexibility index (Phi) is 6.42. The molecule has 3 aromatic heterocycles. The third-order valence-corrected chi connectivity index (χ3v) is 9.47. The maximum absolute atomic E-state index is 6.47. The number of hydrogen-bond donors (Lipinski definition) is 0. The molecule has 0 aliphatic rings. The first-order valence-electron chi connectivity index (χ1n) is 16.7. The molecular weight excluding hydrogens is 613 g/mol. The summed E-state index contributed by atoms with van der Waals surface area (Å²) in [4.78, 5) is 15.1. The van der Waals surface area contributed by atoms with Crippen LogP contribution >= 0.6 is 0 Å². The molecule has 0 bridgehead atoms. The Morgan fingerprint density at radius 1 is 0.360 bits per heavy atom. The normalized spacial score (nSPS) is 11.6. The van der Waals surface area contributed by atoms with E-state index in [0.717, 1.165) is 60.9 Å². The predicted molar refractivity (Wildman–Crippen MR) is 203 cm³/mol. The van der Waals surface area contributed by atoms with Crippen LogP contribution in [0, 0.1) is 0 Å². The second kappa shape index (κ2) is 11.4. The zero-order valence-electron chi connectivity index (χ0n) is 26.9. The molecule has 50 heavy (non-hydrogen) atoms. The van der Waals surface area contributed by atoms with Gasteiger partial charge in [-0.2, -0.15) is 0 Å². The van der Waals surface area contributed by atoms with Gasteiger partial charge in [-0.3, -0.25) is 0 Å². The Labute approximate surface area is 287 Å². The molecule has 234 valence electrons. The van der Waals surface area contributed by atoms with E-state index in [-0.39, 0.29) is 0 Å². The Balaban J connectivity index is 1.17. The van der Waals surface area contributed by atoms with Crippen molar-refractivity contribution < 1.29 is 4.42 Å². The average Bonchev–Trinajstić information content (AvgIpc) is 3.74. The number of fused-ring (bicyclic) bond motifs is 6. The van der Waals surface area contributed by atoms with E-state index in [4.69, 9.17) is 19.4 Å². The molecule has 0 atom stereocenters. The lowest BCUT2D eigenvalue weighted by Crippen LogP contribution is -2.00. The molecule has 0 saturated carbocycles. The number of aromatic nitrogens is 4. The summed E-state index contributed by atoms with van der Waals surface area (Å²) in [6, 6.07) is 58.5. The van der Waals surface area contributed by atoms with Crippen LogP contribution in [-0.4, -0.2) is 19.5 Å². The molecule has 10 aromatic rings. The lowest BCUT2D eigenvalue weighted by Gasteiger charge is -2.10. The number of benzene rings is 7. The molecule has 10 rings (SSSR count). The van der Waals surface area contributed by atoms with Crippen molar-refractivity contribution in [1.29, 1.82) is 0 Å². The van der Waals surface area contributed by atoms with Crippen molar-refractivity contribution in [2.75, 3.05) is 0 Å². The van der Waals surface area contributed by atoms with Crippen LogP contribution in [0.4, 0.5) is 0 Å². The van der Waals surface area contributed by atoms with Crippen LogP contribution in [0.15, 0.2) is 174 Å². The van der Waals surface area contributed by atoms with Crippen molar-refractivity contribution in [1.82, 2.24) is 19.5 Å². The summed E-state index contributed by atoms with van der Waals surface area (Å²) in [6.07, 6.45) is 0. The zero-order valence-corrected chi connectivity index (χ0v) is 26.9. The molecule has 3 heterocycles. The largest absolute Gasteiger partial charge is 0.456 e. The van der Waals surface area contributed by atoms with Crippen LogP contribution in [0.2, 0.25) is 0 Å². The highest BCUT2D eigenvalue weighted by molar-refractivity contribution is 6.14. The van der Waals surface area contributed by atoms with Crippen LogP contribution < -0.4 is 0 Å². The minimum Gasteiger partial charge on any atom is -0.456 e. The van der Waals surface area contributed by atoms with E-state index in [0.29, 0.717) is 17.5 Å². The molecular formula is C45H28N4O. The van der Waals surface area contributed by atoms with E-state index < -0.39 is 0 Å². The van der Waals surface area contributed by atoms with Gasteiger partial charge in [0.15, 0.2) is 17.5 Å². The van der Waals surface area contributed by atoms with Crippen molar-refractivity contribution >= 4 is 43.7 Å². The van der Waals surface area contributed by atoms with Gasteiger partial charge in [-0.25, -0.2) is 15.0 Å². The topological polar surface area (TPSA) is 56.7 Å². The molecule has 0 aliphatic carbocycles. The number of nitrogens with zero attached hydrogens (tertiary/aromatic N) is 4. The molecule has 0 saturated heterocycles. The van der Waals surface area contributed by atoms with Crippen LogP contribution in [0.25, 0.3) is 94.7 Å². The van der Waals surface area contributed by atoms with Gasteiger partial charge in [0, 0.05) is 32.8 Å². The van der Waals surface area contributed by atoms with Gasteiger partial charge in [0.2, 0.25) is 0 Å². The number of furan rings is 1. The maximum atomic E-state index is 6.47. The quantitative estimate of drug-likeness (QED) is 0.188. The summed E-state index contributed by atoms with van der Waals surface area (Å²) >= 11 is 0. The van der Waals surface area contributed by atoms with E-state index in [1.165, 1.54) is 16.3 Å². The van der Waals surface area contributed by atoms with Gasteiger partial charge in [0.05, 0.1) is 22.1 Å². The van der Waals surface area contributed by atoms with E-state index in [9.17, 15) is 0 Å². The van der Waals surface area contributed by atoms with E-state index >= 15 is 0 Å². The number of rotatable bonds is 5. The lowest BCUT2D eigenvalue weighted by atomic mass is 10.0. The minimum atomic E-state index is 0.603. The van der Waals surface area contributed by atoms with Gasteiger partial charge in [-0.15, -0.1) is 0 Å². The lowest BCUT2D eigenvalue weighted by molar-refractivity contribution is 0.669. The van der Waals surface area contributed by atoms with Gasteiger partial charge in [0.25, 0.3) is 0 Å². The first-order chi connectivity index (χ1) is 24.8. The molecule has 0 spiro atoms. The van der Waals surface area contributed by atoms with Crippen molar-refractivity contribution in [3.05, 3.63) is 170 Å². The average molecular weight is 641 g/mol. The highest BCUT2D eigenvalue weighted by atomic mass is 16.3. The summed E-state index contributed by atoms with van der Waals surface area (Å²) in [7, 11) is 0. The Hall–Kier alpha value is -6.85. The van der Waals surface area contributed by atoms with Crippen molar-refractivity contribution in [3.63, 3.8) is 0 Å². The molecule has 0 fully saturated rings. The first-order valence-corrected chi connectivity index (χ1v) is 16.7. The monoisotopic (exact) mass is 640 g/mol. The second-order valence-electron chi connectivity index (χ2n) is 12.4. The number of hydrogen-bond acceptors (Lipinski definition) is 4. The van der Waals surface area contributed by atoms with Gasteiger partial charge in [-0.05, 0) is 53.6 Å². The van der Waals surface area contributed by atoms with Crippen molar-refractivity contribution in [2.24, 2.45) is 0 Å². The SMILES string of the molecule is c1ccc(-c2ccc(-c3nc(-c4ccccc4)nc(-c4ccc5oc6cccc(-n7c8ccccc8c8ccccc87)c6c5c4)n3)cc2)cc1. The van der Waals surface area contributed by atoms with Crippen LogP contribution in [0.5, 0.6) is 0 Å². The highest BCUT2D eigenvalue weighted by Gasteiger charge is 2.19. The molecule has 0 aliphatic heterocycles. The third-order valence-electron chi connectivity index (χ3n) is 9.47. The molecule has 0 unspecified atom stereocenters. The summed E-state index contributed by atoms with van der Waals surface area (Å²) in [6.45, 7) is 0. The maximum Gasteiger partial charge on any atom is 0.164 e. The molecule has 5 heteroatoms. The Morgan fingerprint density at radius 2 is 0.860 bits per heavy atom. The Morgan fingerprint density at radius 3 is 1.52 bits per heavy atom. The van der Waals surface area contributed by atoms with Crippen molar-refractivity contribution in [3.8, 4) is 51.0 Å². The summed E-state index contributed by atoms with van der Waals surface area (Å²) in [5, 5.41) is 4.49. The second-order valence-corrected chi connectivity index (χ2v) is 12.4. The molecule has 0 amide bonds. The molecule has 0 radical (unpaired) electrons. The summed E-state index contributed by atoms with van der Waals surface area (Å²) in [5.74, 6) is 1.85. The first kappa shape index (κ1) is 28.2. The van der Waals surface area contributed by atoms with E-state index in [2.05, 4.69) is 120 Å². The van der Waals surface area contributed by atoms with Crippen LogP contribution in [0.3, 0.4) is 0 Å². The predicted octanol–water partition coefficient (Wildman–Crippen LogP) is 11.5. The van der Waals surface area contributed by atoms with Gasteiger partial charge in [-0.1, -0.05) is 127 Å². The number of para-hydroxylation sites is 2. The smallest absolute Gasteiger partial charge is 0.164 e. The molecule has 5 nitrogen and oxygen atoms in total. The molecule has 7 aromatic carbocycles. The standard InChI is InChI=1S/C45H28N4O/c1-3-12-29(13-4-1)30-22-24-32(25-23-30)44-46-43(31-14-5-2-6-15-31)47-45(48-44)33-26-27-40-36(28-33)42-39(20-11-21-41(42)50-40)49-37-18-9-7-16-34(37)35-17-8-10-19-38(35)49/h1-28H. The van der Waals surface area contributed by atoms with Gasteiger partial charge in [0.1, 0.15) is 11.2 Å². The van der Waals surface area contributed by atoms with E-state index in [1.807, 2.05) is 54.6 Å². The Bertz CT molecular complexity index is 2800. The highest BCUT2D eigenvalue weighted by Crippen LogP contribution is 2.39. The summed E-state index contributed by atoms with van der Waals surface area (Å²) < 4.78 is 8.82. The van der Waals surface area contributed by atoms with E-state index in [1.54, 1.807) is 0 Å². The van der Waals surface area contributed by atoms with Crippen LogP contribution in [0.1, 0.15) is 0 Å². The fraction of sp³-hybridized carbons (Fsp3) is 0. The fourth-order valence-corrected chi connectivity index (χ4v) is 7.11. The minimum absolute atomic E-state index is 0.603. The zero-order chi connectivity index (χ0) is 33.0. The van der Waals surface area contributed by atoms with Crippen molar-refractivity contribution in [2.45, 2.75) is 0 Å². The third kappa shape index (κ3) is 4.60. The van der Waals surface area contributed by atoms with Crippen LogP contribution in [-0.2, 0) is 0 Å². The van der Waals surface area contributed by atoms with Gasteiger partial charge >= 0.3 is 0 Å².